The summed E-state index contributed by atoms with van der Waals surface area (Å²) < 4.78 is 0. The van der Waals surface area contributed by atoms with Crippen LogP contribution in [0.25, 0.3) is 0 Å². The van der Waals surface area contributed by atoms with E-state index in [0.29, 0.717) is 23.2 Å². The number of halogens is 1. The van der Waals surface area contributed by atoms with Gasteiger partial charge in [-0.15, -0.1) is 0 Å². The van der Waals surface area contributed by atoms with Crippen molar-refractivity contribution in [1.29, 1.82) is 0 Å². The molecule has 2 atom stereocenters. The van der Waals surface area contributed by atoms with Crippen molar-refractivity contribution in [3.05, 3.63) is 23.2 Å². The minimum Gasteiger partial charge on any atom is -0.397 e. The number of anilines is 2. The fourth-order valence-electron chi connectivity index (χ4n) is 2.06. The molecule has 0 bridgehead atoms. The number of aliphatic hydroxyl groups excluding tert-OH is 1. The third kappa shape index (κ3) is 2.25. The molecule has 16 heavy (non-hydrogen) atoms. The van der Waals surface area contributed by atoms with Crippen LogP contribution in [-0.4, -0.2) is 24.3 Å². The number of hydrogen-bond acceptors (Lipinski definition) is 3. The molecule has 2 rings (SSSR count). The minimum atomic E-state index is -0.285. The zero-order valence-electron chi connectivity index (χ0n) is 9.36. The lowest BCUT2D eigenvalue weighted by Gasteiger charge is -2.36. The number of piperidine rings is 1. The van der Waals surface area contributed by atoms with Gasteiger partial charge >= 0.3 is 0 Å². The molecule has 0 aliphatic carbocycles. The fourth-order valence-corrected chi connectivity index (χ4v) is 2.22. The number of nitrogens with zero attached hydrogens (tertiary/aromatic N) is 1. The molecule has 1 saturated heterocycles. The predicted molar refractivity (Wildman–Crippen MR) is 67.9 cm³/mol. The van der Waals surface area contributed by atoms with Crippen LogP contribution in [0.2, 0.25) is 5.02 Å². The molecule has 1 heterocycles. The van der Waals surface area contributed by atoms with Crippen LogP contribution >= 0.6 is 11.6 Å². The van der Waals surface area contributed by atoms with Gasteiger partial charge in [-0.3, -0.25) is 0 Å². The zero-order chi connectivity index (χ0) is 11.7. The van der Waals surface area contributed by atoms with Crippen LogP contribution < -0.4 is 10.6 Å². The van der Waals surface area contributed by atoms with Crippen molar-refractivity contribution in [1.82, 2.24) is 0 Å². The highest BCUT2D eigenvalue weighted by molar-refractivity contribution is 6.31. The summed E-state index contributed by atoms with van der Waals surface area (Å²) in [5.74, 6) is 0.358. The minimum absolute atomic E-state index is 0.285. The summed E-state index contributed by atoms with van der Waals surface area (Å²) in [5, 5.41) is 10.5. The molecule has 2 unspecified atom stereocenters. The molecule has 1 aliphatic rings. The summed E-state index contributed by atoms with van der Waals surface area (Å²) >= 11 is 5.96. The largest absolute Gasteiger partial charge is 0.397 e. The monoisotopic (exact) mass is 240 g/mol. The normalized spacial score (nSPS) is 25.8. The highest BCUT2D eigenvalue weighted by Gasteiger charge is 2.25. The van der Waals surface area contributed by atoms with Gasteiger partial charge in [-0.05, 0) is 30.5 Å². The maximum absolute atomic E-state index is 9.85. The lowest BCUT2D eigenvalue weighted by atomic mass is 9.95. The first kappa shape index (κ1) is 11.6. The summed E-state index contributed by atoms with van der Waals surface area (Å²) in [6, 6.07) is 5.45. The number of aliphatic hydroxyl groups is 1. The highest BCUT2D eigenvalue weighted by atomic mass is 35.5. The van der Waals surface area contributed by atoms with Gasteiger partial charge in [0, 0.05) is 18.1 Å². The lowest BCUT2D eigenvalue weighted by molar-refractivity contribution is 0.103. The summed E-state index contributed by atoms with van der Waals surface area (Å²) in [5.41, 5.74) is 7.56. The fraction of sp³-hybridized carbons (Fsp3) is 0.500. The Kier molecular flexibility index (Phi) is 3.26. The Morgan fingerprint density at radius 3 is 2.94 bits per heavy atom. The summed E-state index contributed by atoms with van der Waals surface area (Å²) in [6.07, 6.45) is 0.694. The SMILES string of the molecule is CC1CCN(c2cc(Cl)ccc2N)CC1O. The molecule has 3 N–H and O–H groups in total. The number of nitrogens with two attached hydrogens (primary N) is 1. The number of β-amino-alcohol motifs (C(OH)–C–C–N with tert-alkyl or cyclic N) is 1. The van der Waals surface area contributed by atoms with E-state index in [4.69, 9.17) is 17.3 Å². The van der Waals surface area contributed by atoms with E-state index in [0.717, 1.165) is 18.7 Å². The Hall–Kier alpha value is -0.930. The topological polar surface area (TPSA) is 49.5 Å². The summed E-state index contributed by atoms with van der Waals surface area (Å²) in [4.78, 5) is 2.10. The molecule has 0 radical (unpaired) electrons. The zero-order valence-corrected chi connectivity index (χ0v) is 10.1. The van der Waals surface area contributed by atoms with E-state index in [2.05, 4.69) is 11.8 Å². The van der Waals surface area contributed by atoms with Crippen molar-refractivity contribution in [3.8, 4) is 0 Å². The first-order valence-corrected chi connectivity index (χ1v) is 5.94. The van der Waals surface area contributed by atoms with Crippen LogP contribution in [0, 0.1) is 5.92 Å². The van der Waals surface area contributed by atoms with Gasteiger partial charge in [-0.2, -0.15) is 0 Å². The molecule has 1 aromatic carbocycles. The lowest BCUT2D eigenvalue weighted by Crippen LogP contribution is -2.43. The Morgan fingerprint density at radius 2 is 2.25 bits per heavy atom. The second kappa shape index (κ2) is 4.52. The first-order chi connectivity index (χ1) is 7.58. The molecular weight excluding hydrogens is 224 g/mol. The number of nitrogen functional groups attached to an aromatic ring is 1. The first-order valence-electron chi connectivity index (χ1n) is 5.56. The Balaban J connectivity index is 2.21. The van der Waals surface area contributed by atoms with Crippen molar-refractivity contribution >= 4 is 23.0 Å². The Morgan fingerprint density at radius 1 is 1.50 bits per heavy atom. The van der Waals surface area contributed by atoms with Gasteiger partial charge in [0.25, 0.3) is 0 Å². The number of benzene rings is 1. The van der Waals surface area contributed by atoms with Crippen molar-refractivity contribution in [2.75, 3.05) is 23.7 Å². The van der Waals surface area contributed by atoms with Crippen LogP contribution in [0.15, 0.2) is 18.2 Å². The number of hydrogen-bond donors (Lipinski definition) is 2. The quantitative estimate of drug-likeness (QED) is 0.740. The van der Waals surface area contributed by atoms with E-state index in [-0.39, 0.29) is 6.10 Å². The second-order valence-corrected chi connectivity index (χ2v) is 4.92. The molecule has 0 spiro atoms. The van der Waals surface area contributed by atoms with Gasteiger partial charge in [-0.25, -0.2) is 0 Å². The number of rotatable bonds is 1. The van der Waals surface area contributed by atoms with Gasteiger partial charge in [-0.1, -0.05) is 18.5 Å². The maximum atomic E-state index is 9.85. The van der Waals surface area contributed by atoms with Crippen LogP contribution in [0.1, 0.15) is 13.3 Å². The molecule has 1 aromatic rings. The maximum Gasteiger partial charge on any atom is 0.0741 e. The molecular formula is C12H17ClN2O. The predicted octanol–water partition coefficient (Wildman–Crippen LogP) is 2.13. The summed E-state index contributed by atoms with van der Waals surface area (Å²) in [6.45, 7) is 3.62. The standard InChI is InChI=1S/C12H17ClN2O/c1-8-4-5-15(7-12(8)16)11-6-9(13)2-3-10(11)14/h2-3,6,8,12,16H,4-5,7,14H2,1H3. The molecule has 88 valence electrons. The van der Waals surface area contributed by atoms with Gasteiger partial charge < -0.3 is 15.7 Å². The Bertz CT molecular complexity index is 383. The Labute approximate surface area is 101 Å². The van der Waals surface area contributed by atoms with Crippen molar-refractivity contribution in [2.24, 2.45) is 5.92 Å². The molecule has 0 aromatic heterocycles. The van der Waals surface area contributed by atoms with Crippen LogP contribution in [0.4, 0.5) is 11.4 Å². The molecule has 3 nitrogen and oxygen atoms in total. The average Bonchev–Trinajstić information content (AvgIpc) is 2.26. The van der Waals surface area contributed by atoms with E-state index in [1.807, 2.05) is 12.1 Å². The third-order valence-electron chi connectivity index (χ3n) is 3.25. The van der Waals surface area contributed by atoms with E-state index in [1.54, 1.807) is 6.07 Å². The van der Waals surface area contributed by atoms with E-state index >= 15 is 0 Å². The van der Waals surface area contributed by atoms with Crippen molar-refractivity contribution < 1.29 is 5.11 Å². The van der Waals surface area contributed by atoms with Crippen molar-refractivity contribution in [3.63, 3.8) is 0 Å². The molecule has 4 heteroatoms. The average molecular weight is 241 g/mol. The highest BCUT2D eigenvalue weighted by Crippen LogP contribution is 2.30. The van der Waals surface area contributed by atoms with E-state index in [9.17, 15) is 5.11 Å². The smallest absolute Gasteiger partial charge is 0.0741 e. The van der Waals surface area contributed by atoms with Crippen LogP contribution in [-0.2, 0) is 0 Å². The third-order valence-corrected chi connectivity index (χ3v) is 3.49. The van der Waals surface area contributed by atoms with Gasteiger partial charge in [0.15, 0.2) is 0 Å². The summed E-state index contributed by atoms with van der Waals surface area (Å²) in [7, 11) is 0. The molecule has 1 fully saturated rings. The van der Waals surface area contributed by atoms with E-state index in [1.165, 1.54) is 0 Å². The van der Waals surface area contributed by atoms with E-state index < -0.39 is 0 Å². The second-order valence-electron chi connectivity index (χ2n) is 4.48. The molecule has 1 aliphatic heterocycles. The van der Waals surface area contributed by atoms with Gasteiger partial charge in [0.2, 0.25) is 0 Å². The van der Waals surface area contributed by atoms with Gasteiger partial charge in [0.05, 0.1) is 17.5 Å². The van der Waals surface area contributed by atoms with Crippen molar-refractivity contribution in [2.45, 2.75) is 19.4 Å². The molecule has 0 amide bonds. The van der Waals surface area contributed by atoms with Crippen LogP contribution in [0.3, 0.4) is 0 Å². The molecule has 0 saturated carbocycles. The van der Waals surface area contributed by atoms with Gasteiger partial charge in [0.1, 0.15) is 0 Å². The van der Waals surface area contributed by atoms with Crippen LogP contribution in [0.5, 0.6) is 0 Å².